The van der Waals surface area contributed by atoms with Crippen LogP contribution in [0.2, 0.25) is 0 Å². The van der Waals surface area contributed by atoms with E-state index in [0.29, 0.717) is 18.7 Å². The van der Waals surface area contributed by atoms with E-state index in [0.717, 1.165) is 12.5 Å². The van der Waals surface area contributed by atoms with Gasteiger partial charge in [0, 0.05) is 25.6 Å². The van der Waals surface area contributed by atoms with Gasteiger partial charge >= 0.3 is 0 Å². The van der Waals surface area contributed by atoms with E-state index in [2.05, 4.69) is 5.32 Å². The van der Waals surface area contributed by atoms with Crippen LogP contribution >= 0.6 is 0 Å². The monoisotopic (exact) mass is 291 g/mol. The van der Waals surface area contributed by atoms with Gasteiger partial charge in [0.2, 0.25) is 0 Å². The van der Waals surface area contributed by atoms with Crippen molar-refractivity contribution in [1.82, 2.24) is 5.32 Å². The highest BCUT2D eigenvalue weighted by Gasteiger charge is 2.24. The fraction of sp³-hybridized carbons (Fsp3) is 0.294. The minimum absolute atomic E-state index is 0.0814. The predicted octanol–water partition coefficient (Wildman–Crippen LogP) is 3.62. The molecular formula is C17H19F2NO. The van der Waals surface area contributed by atoms with Crippen molar-refractivity contribution in [2.24, 2.45) is 0 Å². The Morgan fingerprint density at radius 1 is 1.10 bits per heavy atom. The van der Waals surface area contributed by atoms with Crippen molar-refractivity contribution in [2.45, 2.75) is 25.5 Å². The predicted molar refractivity (Wildman–Crippen MR) is 79.1 cm³/mol. The average molecular weight is 291 g/mol. The Morgan fingerprint density at radius 3 is 2.48 bits per heavy atom. The van der Waals surface area contributed by atoms with Gasteiger partial charge in [-0.05, 0) is 17.2 Å². The van der Waals surface area contributed by atoms with Gasteiger partial charge in [-0.1, -0.05) is 48.5 Å². The van der Waals surface area contributed by atoms with E-state index in [4.69, 9.17) is 0 Å². The van der Waals surface area contributed by atoms with Gasteiger partial charge in [-0.15, -0.1) is 0 Å². The first-order valence-corrected chi connectivity index (χ1v) is 6.88. The highest BCUT2D eigenvalue weighted by molar-refractivity contribution is 5.28. The Kier molecular flexibility index (Phi) is 5.04. The SMILES string of the molecule is CC(F)(F)c1cccc(C(O)CNCc2ccccc2)c1. The molecule has 1 atom stereocenters. The van der Waals surface area contributed by atoms with Crippen LogP contribution in [0.5, 0.6) is 0 Å². The lowest BCUT2D eigenvalue weighted by Gasteiger charge is -2.16. The Morgan fingerprint density at radius 2 is 1.81 bits per heavy atom. The molecule has 2 N–H and O–H groups in total. The van der Waals surface area contributed by atoms with Gasteiger partial charge in [0.15, 0.2) is 0 Å². The van der Waals surface area contributed by atoms with Crippen molar-refractivity contribution in [3.63, 3.8) is 0 Å². The van der Waals surface area contributed by atoms with Gasteiger partial charge in [-0.2, -0.15) is 0 Å². The Labute approximate surface area is 123 Å². The van der Waals surface area contributed by atoms with E-state index in [1.165, 1.54) is 12.1 Å². The number of hydrogen-bond acceptors (Lipinski definition) is 2. The molecule has 0 saturated heterocycles. The van der Waals surface area contributed by atoms with Crippen LogP contribution < -0.4 is 5.32 Å². The molecule has 0 amide bonds. The van der Waals surface area contributed by atoms with Crippen molar-refractivity contribution in [3.05, 3.63) is 71.3 Å². The fourth-order valence-electron chi connectivity index (χ4n) is 2.09. The summed E-state index contributed by atoms with van der Waals surface area (Å²) in [6.07, 6.45) is -0.809. The molecule has 0 saturated carbocycles. The van der Waals surface area contributed by atoms with E-state index in [1.54, 1.807) is 12.1 Å². The first-order chi connectivity index (χ1) is 9.97. The third-order valence-electron chi connectivity index (χ3n) is 3.29. The average Bonchev–Trinajstić information content (AvgIpc) is 2.47. The van der Waals surface area contributed by atoms with Crippen molar-refractivity contribution < 1.29 is 13.9 Å². The summed E-state index contributed by atoms with van der Waals surface area (Å²) in [7, 11) is 0. The summed E-state index contributed by atoms with van der Waals surface area (Å²) in [5.74, 6) is -2.90. The van der Waals surface area contributed by atoms with Gasteiger partial charge in [0.1, 0.15) is 0 Å². The van der Waals surface area contributed by atoms with Crippen molar-refractivity contribution in [3.8, 4) is 0 Å². The fourth-order valence-corrected chi connectivity index (χ4v) is 2.09. The number of hydrogen-bond donors (Lipinski definition) is 2. The maximum absolute atomic E-state index is 13.3. The molecule has 2 rings (SSSR count). The van der Waals surface area contributed by atoms with Crippen molar-refractivity contribution in [2.75, 3.05) is 6.54 Å². The van der Waals surface area contributed by atoms with E-state index < -0.39 is 12.0 Å². The molecule has 112 valence electrons. The summed E-state index contributed by atoms with van der Waals surface area (Å²) in [6.45, 7) is 1.79. The summed E-state index contributed by atoms with van der Waals surface area (Å²) in [5.41, 5.74) is 1.52. The molecule has 0 aromatic heterocycles. The van der Waals surface area contributed by atoms with Crippen LogP contribution in [0, 0.1) is 0 Å². The quantitative estimate of drug-likeness (QED) is 0.852. The third kappa shape index (κ3) is 4.62. The van der Waals surface area contributed by atoms with E-state index >= 15 is 0 Å². The molecule has 1 unspecified atom stereocenters. The van der Waals surface area contributed by atoms with E-state index in [9.17, 15) is 13.9 Å². The second-order valence-electron chi connectivity index (χ2n) is 5.15. The van der Waals surface area contributed by atoms with Gasteiger partial charge in [0.25, 0.3) is 5.92 Å². The molecule has 0 radical (unpaired) electrons. The zero-order valence-electron chi connectivity index (χ0n) is 11.9. The van der Waals surface area contributed by atoms with Crippen molar-refractivity contribution in [1.29, 1.82) is 0 Å². The van der Waals surface area contributed by atoms with E-state index in [1.807, 2.05) is 30.3 Å². The molecule has 2 aromatic rings. The molecule has 0 spiro atoms. The topological polar surface area (TPSA) is 32.3 Å². The Bertz CT molecular complexity index is 567. The lowest BCUT2D eigenvalue weighted by molar-refractivity contribution is 0.0172. The molecule has 2 nitrogen and oxygen atoms in total. The van der Waals surface area contributed by atoms with Gasteiger partial charge in [-0.3, -0.25) is 0 Å². The highest BCUT2D eigenvalue weighted by atomic mass is 19.3. The zero-order valence-corrected chi connectivity index (χ0v) is 11.9. The molecule has 0 heterocycles. The van der Waals surface area contributed by atoms with Crippen molar-refractivity contribution >= 4 is 0 Å². The molecule has 0 aliphatic carbocycles. The molecule has 0 bridgehead atoms. The molecule has 0 aliphatic heterocycles. The largest absolute Gasteiger partial charge is 0.387 e. The molecule has 0 aliphatic rings. The normalized spacial score (nSPS) is 13.1. The zero-order chi connectivity index (χ0) is 15.3. The summed E-state index contributed by atoms with van der Waals surface area (Å²) in [4.78, 5) is 0. The second-order valence-corrected chi connectivity index (χ2v) is 5.15. The van der Waals surface area contributed by atoms with Crippen LogP contribution in [-0.4, -0.2) is 11.7 Å². The molecule has 0 fully saturated rings. The minimum atomic E-state index is -2.90. The number of halogens is 2. The lowest BCUT2D eigenvalue weighted by atomic mass is 10.0. The van der Waals surface area contributed by atoms with E-state index in [-0.39, 0.29) is 5.56 Å². The van der Waals surface area contributed by atoms with Crippen LogP contribution in [-0.2, 0) is 12.5 Å². The maximum atomic E-state index is 13.3. The third-order valence-corrected chi connectivity index (χ3v) is 3.29. The van der Waals surface area contributed by atoms with Gasteiger partial charge in [0.05, 0.1) is 6.10 Å². The minimum Gasteiger partial charge on any atom is -0.387 e. The maximum Gasteiger partial charge on any atom is 0.270 e. The van der Waals surface area contributed by atoms with Gasteiger partial charge < -0.3 is 10.4 Å². The van der Waals surface area contributed by atoms with Crippen LogP contribution in [0.4, 0.5) is 8.78 Å². The lowest BCUT2D eigenvalue weighted by Crippen LogP contribution is -2.21. The van der Waals surface area contributed by atoms with Crippen LogP contribution in [0.15, 0.2) is 54.6 Å². The summed E-state index contributed by atoms with van der Waals surface area (Å²) < 4.78 is 26.5. The standard InChI is InChI=1S/C17H19F2NO/c1-17(18,19)15-9-5-8-14(10-15)16(21)12-20-11-13-6-3-2-4-7-13/h2-10,16,20-21H,11-12H2,1H3. The Balaban J connectivity index is 1.93. The summed E-state index contributed by atoms with van der Waals surface area (Å²) in [6, 6.07) is 15.7. The highest BCUT2D eigenvalue weighted by Crippen LogP contribution is 2.28. The van der Waals surface area contributed by atoms with Crippen LogP contribution in [0.1, 0.15) is 29.7 Å². The van der Waals surface area contributed by atoms with Gasteiger partial charge in [-0.25, -0.2) is 8.78 Å². The molecular weight excluding hydrogens is 272 g/mol. The first-order valence-electron chi connectivity index (χ1n) is 6.88. The molecule has 21 heavy (non-hydrogen) atoms. The second kappa shape index (κ2) is 6.78. The molecule has 2 aromatic carbocycles. The summed E-state index contributed by atoms with van der Waals surface area (Å²) >= 11 is 0. The number of alkyl halides is 2. The van der Waals surface area contributed by atoms with Crippen LogP contribution in [0.25, 0.3) is 0 Å². The number of nitrogens with one attached hydrogen (secondary N) is 1. The number of aliphatic hydroxyl groups excluding tert-OH is 1. The molecule has 4 heteroatoms. The first kappa shape index (κ1) is 15.6. The Hall–Kier alpha value is -1.78. The van der Waals surface area contributed by atoms with Crippen LogP contribution in [0.3, 0.4) is 0 Å². The smallest absolute Gasteiger partial charge is 0.270 e. The summed E-state index contributed by atoms with van der Waals surface area (Å²) in [5, 5.41) is 13.2. The number of aliphatic hydroxyl groups is 1. The number of rotatable bonds is 6. The number of benzene rings is 2.